The highest BCUT2D eigenvalue weighted by Gasteiger charge is 2.44. The molecule has 0 spiro atoms. The first kappa shape index (κ1) is 10.0. The van der Waals surface area contributed by atoms with E-state index in [4.69, 9.17) is 16.7 Å². The van der Waals surface area contributed by atoms with Gasteiger partial charge in [-0.3, -0.25) is 0 Å². The Balaban J connectivity index is 3.01. The molecule has 0 aromatic rings. The number of rotatable bonds is 1. The molecule has 0 aromatic heterocycles. The maximum Gasteiger partial charge on any atom is 0.433 e. The van der Waals surface area contributed by atoms with Crippen molar-refractivity contribution in [1.29, 1.82) is 0 Å². The first-order valence-electron chi connectivity index (χ1n) is 3.04. The van der Waals surface area contributed by atoms with Crippen molar-refractivity contribution in [3.05, 3.63) is 12.2 Å². The normalized spacial score (nSPS) is 27.5. The van der Waals surface area contributed by atoms with Gasteiger partial charge in [0.1, 0.15) is 5.71 Å². The molecule has 1 unspecified atom stereocenters. The molecule has 1 aliphatic heterocycles. The van der Waals surface area contributed by atoms with E-state index in [1.807, 2.05) is 0 Å². The zero-order valence-corrected chi connectivity index (χ0v) is 6.73. The fraction of sp³-hybridized carbons (Fsp3) is 0.333. The van der Waals surface area contributed by atoms with Crippen LogP contribution in [-0.4, -0.2) is 28.0 Å². The molecular weight excluding hydrogens is 211 g/mol. The highest BCUT2D eigenvalue weighted by molar-refractivity contribution is 6.37. The monoisotopic (exact) mass is 213 g/mol. The molecule has 3 nitrogen and oxygen atoms in total. The van der Waals surface area contributed by atoms with Gasteiger partial charge in [0.25, 0.3) is 0 Å². The largest absolute Gasteiger partial charge is 0.478 e. The summed E-state index contributed by atoms with van der Waals surface area (Å²) in [6, 6.07) is 0. The highest BCUT2D eigenvalue weighted by atomic mass is 35.5. The Morgan fingerprint density at radius 3 is 2.38 bits per heavy atom. The first-order valence-corrected chi connectivity index (χ1v) is 3.42. The van der Waals surface area contributed by atoms with Gasteiger partial charge in [-0.05, 0) is 12.2 Å². The fourth-order valence-electron chi connectivity index (χ4n) is 0.716. The summed E-state index contributed by atoms with van der Waals surface area (Å²) in [4.78, 5) is 10.9. The zero-order chi connectivity index (χ0) is 10.3. The quantitative estimate of drug-likeness (QED) is 0.531. The lowest BCUT2D eigenvalue weighted by atomic mass is 10.3. The summed E-state index contributed by atoms with van der Waals surface area (Å²) < 4.78 is 35.8. The van der Waals surface area contributed by atoms with Crippen molar-refractivity contribution in [1.82, 2.24) is 0 Å². The van der Waals surface area contributed by atoms with Crippen molar-refractivity contribution in [2.45, 2.75) is 11.2 Å². The van der Waals surface area contributed by atoms with Crippen LogP contribution in [0.1, 0.15) is 0 Å². The minimum Gasteiger partial charge on any atom is -0.478 e. The fourth-order valence-corrected chi connectivity index (χ4v) is 0.870. The van der Waals surface area contributed by atoms with Crippen molar-refractivity contribution >= 4 is 23.3 Å². The van der Waals surface area contributed by atoms with Crippen LogP contribution in [0.15, 0.2) is 17.1 Å². The topological polar surface area (TPSA) is 49.7 Å². The van der Waals surface area contributed by atoms with Crippen LogP contribution in [0.2, 0.25) is 0 Å². The van der Waals surface area contributed by atoms with Gasteiger partial charge in [0.2, 0.25) is 5.00 Å². The lowest BCUT2D eigenvalue weighted by molar-refractivity contribution is -0.138. The van der Waals surface area contributed by atoms with E-state index in [1.165, 1.54) is 0 Å². The molecule has 1 N–H and O–H groups in total. The van der Waals surface area contributed by atoms with Crippen LogP contribution in [0.5, 0.6) is 0 Å². The van der Waals surface area contributed by atoms with Gasteiger partial charge in [-0.1, -0.05) is 11.6 Å². The van der Waals surface area contributed by atoms with E-state index >= 15 is 0 Å². The number of carboxylic acid groups (broad SMARTS) is 1. The molecule has 0 aromatic carbocycles. The van der Waals surface area contributed by atoms with Crippen LogP contribution in [0.4, 0.5) is 13.2 Å². The maximum atomic E-state index is 11.9. The number of halogens is 4. The van der Waals surface area contributed by atoms with Crippen molar-refractivity contribution in [3.63, 3.8) is 0 Å². The first-order chi connectivity index (χ1) is 5.76. The second kappa shape index (κ2) is 2.73. The molecule has 0 saturated carbocycles. The molecule has 0 aliphatic carbocycles. The number of allylic oxidation sites excluding steroid dienone is 1. The molecule has 0 amide bonds. The van der Waals surface area contributed by atoms with Gasteiger partial charge in [0.05, 0.1) is 0 Å². The molecule has 1 heterocycles. The van der Waals surface area contributed by atoms with Gasteiger partial charge in [-0.25, -0.2) is 9.79 Å². The van der Waals surface area contributed by atoms with Crippen LogP contribution in [-0.2, 0) is 4.79 Å². The third kappa shape index (κ3) is 1.82. The van der Waals surface area contributed by atoms with Gasteiger partial charge in [-0.15, -0.1) is 0 Å². The van der Waals surface area contributed by atoms with E-state index in [9.17, 15) is 18.0 Å². The van der Waals surface area contributed by atoms with Crippen LogP contribution in [0.25, 0.3) is 0 Å². The Kier molecular flexibility index (Phi) is 2.11. The Labute approximate surface area is 75.5 Å². The van der Waals surface area contributed by atoms with Crippen molar-refractivity contribution in [2.75, 3.05) is 0 Å². The number of alkyl halides is 4. The summed E-state index contributed by atoms with van der Waals surface area (Å²) in [5.74, 6) is -1.63. The molecule has 72 valence electrons. The third-order valence-corrected chi connectivity index (χ3v) is 1.71. The SMILES string of the molecule is O=C(O)C1(Cl)C=CC(C(F)(F)F)=N1. The number of aliphatic imine (C=N–C) groups is 1. The Morgan fingerprint density at radius 1 is 1.62 bits per heavy atom. The van der Waals surface area contributed by atoms with Crippen LogP contribution < -0.4 is 0 Å². The minimum atomic E-state index is -4.66. The molecule has 7 heteroatoms. The van der Waals surface area contributed by atoms with Gasteiger partial charge < -0.3 is 5.11 Å². The Bertz CT molecular complexity index is 309. The van der Waals surface area contributed by atoms with Gasteiger partial charge >= 0.3 is 12.1 Å². The van der Waals surface area contributed by atoms with E-state index in [0.717, 1.165) is 0 Å². The number of aliphatic carboxylic acids is 1. The molecule has 0 bridgehead atoms. The van der Waals surface area contributed by atoms with Gasteiger partial charge in [0.15, 0.2) is 0 Å². The number of nitrogens with zero attached hydrogens (tertiary/aromatic N) is 1. The highest BCUT2D eigenvalue weighted by Crippen LogP contribution is 2.30. The minimum absolute atomic E-state index is 0.543. The molecule has 0 saturated heterocycles. The van der Waals surface area contributed by atoms with Crippen LogP contribution in [0.3, 0.4) is 0 Å². The summed E-state index contributed by atoms with van der Waals surface area (Å²) >= 11 is 5.23. The smallest absolute Gasteiger partial charge is 0.433 e. The van der Waals surface area contributed by atoms with Crippen LogP contribution >= 0.6 is 11.6 Å². The van der Waals surface area contributed by atoms with E-state index in [-0.39, 0.29) is 0 Å². The van der Waals surface area contributed by atoms with Crippen molar-refractivity contribution < 1.29 is 23.1 Å². The van der Waals surface area contributed by atoms with Crippen molar-refractivity contribution in [3.8, 4) is 0 Å². The van der Waals surface area contributed by atoms with E-state index in [2.05, 4.69) is 4.99 Å². The summed E-state index contributed by atoms with van der Waals surface area (Å²) in [5, 5.41) is 8.40. The lowest BCUT2D eigenvalue weighted by Crippen LogP contribution is -2.27. The molecule has 0 radical (unpaired) electrons. The second-order valence-electron chi connectivity index (χ2n) is 2.31. The summed E-state index contributed by atoms with van der Waals surface area (Å²) in [7, 11) is 0. The predicted molar refractivity (Wildman–Crippen MR) is 38.8 cm³/mol. The van der Waals surface area contributed by atoms with E-state index in [1.54, 1.807) is 0 Å². The Hall–Kier alpha value is -1.04. The third-order valence-electron chi connectivity index (χ3n) is 1.34. The summed E-state index contributed by atoms with van der Waals surface area (Å²) in [6.45, 7) is 0. The summed E-state index contributed by atoms with van der Waals surface area (Å²) in [5.41, 5.74) is -1.29. The number of hydrogen-bond donors (Lipinski definition) is 1. The number of carbonyl (C=O) groups is 1. The molecule has 1 rings (SSSR count). The standard InChI is InChI=1S/C6H3ClF3NO2/c7-5(4(12)13)2-1-3(11-5)6(8,9)10/h1-2H,(H,12,13). The maximum absolute atomic E-state index is 11.9. The van der Waals surface area contributed by atoms with Crippen LogP contribution in [0, 0.1) is 0 Å². The Morgan fingerprint density at radius 2 is 2.15 bits per heavy atom. The molecular formula is C6H3ClF3NO2. The van der Waals surface area contributed by atoms with Gasteiger partial charge in [-0.2, -0.15) is 13.2 Å². The molecule has 0 fully saturated rings. The molecule has 13 heavy (non-hydrogen) atoms. The average molecular weight is 214 g/mol. The summed E-state index contributed by atoms with van der Waals surface area (Å²) in [6.07, 6.45) is -3.44. The zero-order valence-electron chi connectivity index (χ0n) is 5.97. The average Bonchev–Trinajstić information content (AvgIpc) is 2.31. The number of hydrogen-bond acceptors (Lipinski definition) is 2. The van der Waals surface area contributed by atoms with E-state index < -0.39 is 22.9 Å². The van der Waals surface area contributed by atoms with E-state index in [0.29, 0.717) is 12.2 Å². The predicted octanol–water partition coefficient (Wildman–Crippen LogP) is 1.58. The second-order valence-corrected chi connectivity index (χ2v) is 2.88. The van der Waals surface area contributed by atoms with Gasteiger partial charge in [0, 0.05) is 0 Å². The van der Waals surface area contributed by atoms with Crippen molar-refractivity contribution in [2.24, 2.45) is 4.99 Å². The number of carboxylic acids is 1. The molecule has 1 aliphatic rings. The lowest BCUT2D eigenvalue weighted by Gasteiger charge is -2.09. The molecule has 1 atom stereocenters.